The Morgan fingerprint density at radius 3 is 2.26 bits per heavy atom. The number of amides is 1. The van der Waals surface area contributed by atoms with Crippen LogP contribution < -0.4 is 0 Å². The molecule has 2 saturated carbocycles. The van der Waals surface area contributed by atoms with Crippen molar-refractivity contribution < 1.29 is 19.1 Å². The summed E-state index contributed by atoms with van der Waals surface area (Å²) in [6.45, 7) is 8.72. The summed E-state index contributed by atoms with van der Waals surface area (Å²) in [6.07, 6.45) is 8.46. The van der Waals surface area contributed by atoms with E-state index in [0.717, 1.165) is 38.5 Å². The molecule has 0 aromatic heterocycles. The minimum atomic E-state index is -0.515. The minimum absolute atomic E-state index is 0.170. The van der Waals surface area contributed by atoms with Crippen LogP contribution >= 0.6 is 0 Å². The van der Waals surface area contributed by atoms with Gasteiger partial charge in [-0.25, -0.2) is 4.79 Å². The lowest BCUT2D eigenvalue weighted by atomic mass is 9.89. The van der Waals surface area contributed by atoms with Crippen LogP contribution in [0, 0.1) is 5.92 Å². The molecule has 2 aliphatic carbocycles. The Labute approximate surface area is 211 Å². The Bertz CT molecular complexity index is 868. The Morgan fingerprint density at radius 2 is 1.69 bits per heavy atom. The average Bonchev–Trinajstić information content (AvgIpc) is 3.60. The maximum Gasteiger partial charge on any atom is 0.410 e. The van der Waals surface area contributed by atoms with Crippen LogP contribution in [0.5, 0.6) is 0 Å². The predicted octanol–water partition coefficient (Wildman–Crippen LogP) is 5.91. The van der Waals surface area contributed by atoms with Crippen LogP contribution in [0.1, 0.15) is 78.2 Å². The molecule has 2 fully saturated rings. The molecule has 35 heavy (non-hydrogen) atoms. The SMILES string of the molecule is CCC(=Cc1ccccc1)[C@@H]1C[C@H]1N(C(=O)OC(C)(C)C)C1CCC(N(C)CCC(=O)OC)CC1. The lowest BCUT2D eigenvalue weighted by Crippen LogP contribution is -2.49. The smallest absolute Gasteiger partial charge is 0.410 e. The molecular formula is C29H44N2O4. The molecule has 3 rings (SSSR count). The first kappa shape index (κ1) is 27.3. The van der Waals surface area contributed by atoms with Gasteiger partial charge in [-0.05, 0) is 71.9 Å². The fraction of sp³-hybridized carbons (Fsp3) is 0.655. The molecule has 1 aromatic rings. The van der Waals surface area contributed by atoms with Gasteiger partial charge in [-0.1, -0.05) is 48.9 Å². The van der Waals surface area contributed by atoms with Gasteiger partial charge >= 0.3 is 12.1 Å². The quantitative estimate of drug-likeness (QED) is 0.408. The molecule has 1 aromatic carbocycles. The topological polar surface area (TPSA) is 59.1 Å². The lowest BCUT2D eigenvalue weighted by molar-refractivity contribution is -0.141. The van der Waals surface area contributed by atoms with E-state index in [9.17, 15) is 9.59 Å². The first-order valence-electron chi connectivity index (χ1n) is 13.2. The molecule has 2 aliphatic rings. The summed E-state index contributed by atoms with van der Waals surface area (Å²) in [5.74, 6) is 0.227. The molecule has 0 bridgehead atoms. The van der Waals surface area contributed by atoms with E-state index in [-0.39, 0.29) is 24.1 Å². The number of carbonyl (C=O) groups is 2. The highest BCUT2D eigenvalue weighted by Gasteiger charge is 2.49. The molecule has 0 heterocycles. The molecule has 0 saturated heterocycles. The summed E-state index contributed by atoms with van der Waals surface area (Å²) in [5.41, 5.74) is 2.11. The van der Waals surface area contributed by atoms with E-state index in [4.69, 9.17) is 9.47 Å². The highest BCUT2D eigenvalue weighted by molar-refractivity contribution is 5.70. The zero-order valence-electron chi connectivity index (χ0n) is 22.5. The minimum Gasteiger partial charge on any atom is -0.469 e. The van der Waals surface area contributed by atoms with Crippen molar-refractivity contribution in [3.8, 4) is 0 Å². The number of benzene rings is 1. The second kappa shape index (κ2) is 12.1. The first-order chi connectivity index (χ1) is 16.6. The fourth-order valence-electron chi connectivity index (χ4n) is 5.32. The van der Waals surface area contributed by atoms with Crippen molar-refractivity contribution in [2.24, 2.45) is 5.92 Å². The van der Waals surface area contributed by atoms with E-state index in [0.29, 0.717) is 24.9 Å². The van der Waals surface area contributed by atoms with Crippen LogP contribution in [0.2, 0.25) is 0 Å². The normalized spacial score (nSPS) is 24.7. The number of methoxy groups -OCH3 is 1. The largest absolute Gasteiger partial charge is 0.469 e. The first-order valence-corrected chi connectivity index (χ1v) is 13.2. The van der Waals surface area contributed by atoms with Gasteiger partial charge in [-0.2, -0.15) is 0 Å². The molecule has 6 heteroatoms. The number of hydrogen-bond acceptors (Lipinski definition) is 5. The predicted molar refractivity (Wildman–Crippen MR) is 140 cm³/mol. The highest BCUT2D eigenvalue weighted by atomic mass is 16.6. The van der Waals surface area contributed by atoms with Gasteiger partial charge in [-0.3, -0.25) is 4.79 Å². The van der Waals surface area contributed by atoms with Gasteiger partial charge in [0.05, 0.1) is 13.5 Å². The van der Waals surface area contributed by atoms with E-state index in [1.54, 1.807) is 0 Å². The molecular weight excluding hydrogens is 440 g/mol. The van der Waals surface area contributed by atoms with Crippen molar-refractivity contribution in [1.29, 1.82) is 0 Å². The van der Waals surface area contributed by atoms with Crippen molar-refractivity contribution >= 4 is 18.1 Å². The van der Waals surface area contributed by atoms with E-state index >= 15 is 0 Å². The van der Waals surface area contributed by atoms with Gasteiger partial charge < -0.3 is 19.3 Å². The molecule has 6 nitrogen and oxygen atoms in total. The van der Waals surface area contributed by atoms with Crippen LogP contribution in [-0.2, 0) is 14.3 Å². The van der Waals surface area contributed by atoms with Gasteiger partial charge in [-0.15, -0.1) is 0 Å². The second-order valence-electron chi connectivity index (χ2n) is 11.0. The maximum atomic E-state index is 13.4. The van der Waals surface area contributed by atoms with Crippen molar-refractivity contribution in [2.75, 3.05) is 20.7 Å². The molecule has 194 valence electrons. The molecule has 0 unspecified atom stereocenters. The molecule has 2 atom stereocenters. The number of rotatable bonds is 9. The van der Waals surface area contributed by atoms with E-state index in [1.807, 2.05) is 26.8 Å². The summed E-state index contributed by atoms with van der Waals surface area (Å²) in [7, 11) is 3.52. The summed E-state index contributed by atoms with van der Waals surface area (Å²) < 4.78 is 10.7. The van der Waals surface area contributed by atoms with E-state index < -0.39 is 5.60 Å². The monoisotopic (exact) mass is 484 g/mol. The number of ether oxygens (including phenoxy) is 2. The fourth-order valence-corrected chi connectivity index (χ4v) is 5.32. The number of esters is 1. The lowest BCUT2D eigenvalue weighted by Gasteiger charge is -2.40. The standard InChI is InChI=1S/C29H44N2O4/c1-7-22(19-21-11-9-8-10-12-21)25-20-26(25)31(28(33)35-29(2,3)4)24-15-13-23(14-16-24)30(5)18-17-27(32)34-6/h8-12,19,23-26H,7,13-18,20H2,1-6H3/t23?,24?,25-,26+/m0/s1. The second-order valence-corrected chi connectivity index (χ2v) is 11.0. The zero-order valence-corrected chi connectivity index (χ0v) is 22.5. The van der Waals surface area contributed by atoms with Crippen molar-refractivity contribution in [2.45, 2.75) is 96.4 Å². The summed E-state index contributed by atoms with van der Waals surface area (Å²) in [6, 6.07) is 11.3. The Kier molecular flexibility index (Phi) is 9.40. The third-order valence-electron chi connectivity index (χ3n) is 7.33. The third kappa shape index (κ3) is 7.83. The van der Waals surface area contributed by atoms with Crippen LogP contribution in [-0.4, -0.2) is 66.3 Å². The average molecular weight is 485 g/mol. The van der Waals surface area contributed by atoms with E-state index in [2.05, 4.69) is 54.1 Å². The Morgan fingerprint density at radius 1 is 1.06 bits per heavy atom. The Balaban J connectivity index is 1.68. The number of carbonyl (C=O) groups excluding carboxylic acids is 2. The molecule has 1 amide bonds. The summed E-state index contributed by atoms with van der Waals surface area (Å²) in [4.78, 5) is 29.3. The van der Waals surface area contributed by atoms with Gasteiger partial charge in [0.15, 0.2) is 0 Å². The van der Waals surface area contributed by atoms with Crippen LogP contribution in [0.4, 0.5) is 4.79 Å². The zero-order chi connectivity index (χ0) is 25.6. The Hall–Kier alpha value is -2.34. The third-order valence-corrected chi connectivity index (χ3v) is 7.33. The summed E-state index contributed by atoms with van der Waals surface area (Å²) in [5, 5.41) is 0. The molecule has 0 spiro atoms. The van der Waals surface area contributed by atoms with Crippen LogP contribution in [0.15, 0.2) is 35.9 Å². The van der Waals surface area contributed by atoms with Gasteiger partial charge in [0.2, 0.25) is 0 Å². The maximum absolute atomic E-state index is 13.4. The van der Waals surface area contributed by atoms with E-state index in [1.165, 1.54) is 18.2 Å². The van der Waals surface area contributed by atoms with Gasteiger partial charge in [0, 0.05) is 30.6 Å². The van der Waals surface area contributed by atoms with Crippen molar-refractivity contribution in [3.63, 3.8) is 0 Å². The van der Waals surface area contributed by atoms with Gasteiger partial charge in [0.1, 0.15) is 5.60 Å². The summed E-state index contributed by atoms with van der Waals surface area (Å²) >= 11 is 0. The number of hydrogen-bond donors (Lipinski definition) is 0. The molecule has 0 aliphatic heterocycles. The van der Waals surface area contributed by atoms with Gasteiger partial charge in [0.25, 0.3) is 0 Å². The van der Waals surface area contributed by atoms with Crippen molar-refractivity contribution in [3.05, 3.63) is 41.5 Å². The molecule has 0 radical (unpaired) electrons. The van der Waals surface area contributed by atoms with Crippen molar-refractivity contribution in [1.82, 2.24) is 9.80 Å². The van der Waals surface area contributed by atoms with Crippen LogP contribution in [0.25, 0.3) is 6.08 Å². The highest BCUT2D eigenvalue weighted by Crippen LogP contribution is 2.46. The molecule has 0 N–H and O–H groups in total. The van der Waals surface area contributed by atoms with Crippen LogP contribution in [0.3, 0.4) is 0 Å². The number of nitrogens with zero attached hydrogens (tertiary/aromatic N) is 2.